The van der Waals surface area contributed by atoms with E-state index in [9.17, 15) is 0 Å². The predicted molar refractivity (Wildman–Crippen MR) is 48.1 cm³/mol. The van der Waals surface area contributed by atoms with Gasteiger partial charge in [-0.2, -0.15) is 0 Å². The highest BCUT2D eigenvalue weighted by atomic mass is 14.5. The Hall–Kier alpha value is -1.42. The summed E-state index contributed by atoms with van der Waals surface area (Å²) in [4.78, 5) is 0. The van der Waals surface area contributed by atoms with E-state index in [0.29, 0.717) is 0 Å². The molecule has 0 aliphatic carbocycles. The standard InChI is InChI=1S/C10H11N/c1-3-4-9-6-5-8(2)7-10(9)11/h5-7H,11H2,1-2H3. The van der Waals surface area contributed by atoms with Crippen molar-refractivity contribution in [1.29, 1.82) is 0 Å². The van der Waals surface area contributed by atoms with Crippen LogP contribution in [-0.4, -0.2) is 0 Å². The third-order valence-corrected chi connectivity index (χ3v) is 1.47. The molecule has 0 radical (unpaired) electrons. The summed E-state index contributed by atoms with van der Waals surface area (Å²) in [5.41, 5.74) is 8.55. The minimum absolute atomic E-state index is 0.763. The topological polar surface area (TPSA) is 26.0 Å². The fourth-order valence-corrected chi connectivity index (χ4v) is 0.931. The van der Waals surface area contributed by atoms with Crippen LogP contribution in [0.5, 0.6) is 0 Å². The van der Waals surface area contributed by atoms with Crippen molar-refractivity contribution in [3.8, 4) is 11.8 Å². The summed E-state index contributed by atoms with van der Waals surface area (Å²) in [5, 5.41) is 0. The van der Waals surface area contributed by atoms with Gasteiger partial charge < -0.3 is 5.73 Å². The van der Waals surface area contributed by atoms with Gasteiger partial charge in [-0.3, -0.25) is 0 Å². The van der Waals surface area contributed by atoms with Crippen molar-refractivity contribution in [2.45, 2.75) is 13.8 Å². The first kappa shape index (κ1) is 7.68. The molecule has 0 fully saturated rings. The lowest BCUT2D eigenvalue weighted by atomic mass is 10.1. The molecule has 0 spiro atoms. The van der Waals surface area contributed by atoms with Crippen molar-refractivity contribution in [2.75, 3.05) is 5.73 Å². The molecule has 0 unspecified atom stereocenters. The van der Waals surface area contributed by atoms with Crippen LogP contribution in [0.2, 0.25) is 0 Å². The highest BCUT2D eigenvalue weighted by molar-refractivity contribution is 5.56. The van der Waals surface area contributed by atoms with Crippen LogP contribution >= 0.6 is 0 Å². The lowest BCUT2D eigenvalue weighted by Gasteiger charge is -1.98. The average molecular weight is 145 g/mol. The number of hydrogen-bond acceptors (Lipinski definition) is 1. The molecule has 0 saturated heterocycles. The van der Waals surface area contributed by atoms with Gasteiger partial charge in [-0.25, -0.2) is 0 Å². The molecule has 1 aromatic carbocycles. The van der Waals surface area contributed by atoms with Crippen LogP contribution in [0.3, 0.4) is 0 Å². The summed E-state index contributed by atoms with van der Waals surface area (Å²) in [6, 6.07) is 5.89. The van der Waals surface area contributed by atoms with Gasteiger partial charge in [0.2, 0.25) is 0 Å². The van der Waals surface area contributed by atoms with Crippen LogP contribution in [0.4, 0.5) is 5.69 Å². The maximum Gasteiger partial charge on any atom is 0.0475 e. The van der Waals surface area contributed by atoms with Crippen LogP contribution in [0.1, 0.15) is 18.1 Å². The van der Waals surface area contributed by atoms with Crippen LogP contribution in [0.15, 0.2) is 18.2 Å². The third kappa shape index (κ3) is 1.75. The van der Waals surface area contributed by atoms with Crippen LogP contribution in [0.25, 0.3) is 0 Å². The zero-order valence-electron chi connectivity index (χ0n) is 6.81. The number of aryl methyl sites for hydroxylation is 1. The van der Waals surface area contributed by atoms with E-state index in [0.717, 1.165) is 11.3 Å². The second-order valence-electron chi connectivity index (χ2n) is 2.47. The molecule has 2 N–H and O–H groups in total. The summed E-state index contributed by atoms with van der Waals surface area (Å²) in [7, 11) is 0. The number of hydrogen-bond donors (Lipinski definition) is 1. The molecule has 0 aliphatic rings. The molecule has 0 saturated carbocycles. The predicted octanol–water partition coefficient (Wildman–Crippen LogP) is 1.95. The van der Waals surface area contributed by atoms with Gasteiger partial charge in [0.15, 0.2) is 0 Å². The number of nitrogen functional groups attached to an aromatic ring is 1. The molecule has 1 nitrogen and oxygen atoms in total. The molecule has 1 rings (SSSR count). The van der Waals surface area contributed by atoms with Crippen molar-refractivity contribution in [1.82, 2.24) is 0 Å². The maximum absolute atomic E-state index is 5.70. The Balaban J connectivity index is 3.16. The molecule has 0 amide bonds. The molecule has 0 aromatic heterocycles. The van der Waals surface area contributed by atoms with Crippen LogP contribution in [0, 0.1) is 18.8 Å². The Bertz CT molecular complexity index is 315. The smallest absolute Gasteiger partial charge is 0.0475 e. The summed E-state index contributed by atoms with van der Waals surface area (Å²) < 4.78 is 0. The molecular weight excluding hydrogens is 134 g/mol. The second kappa shape index (κ2) is 3.12. The van der Waals surface area contributed by atoms with Gasteiger partial charge in [0, 0.05) is 11.3 Å². The molecule has 1 aromatic rings. The first-order valence-electron chi connectivity index (χ1n) is 3.53. The van der Waals surface area contributed by atoms with Crippen molar-refractivity contribution < 1.29 is 0 Å². The van der Waals surface area contributed by atoms with Gasteiger partial charge in [0.05, 0.1) is 0 Å². The molecule has 56 valence electrons. The van der Waals surface area contributed by atoms with Crippen LogP contribution < -0.4 is 5.73 Å². The van der Waals surface area contributed by atoms with Crippen molar-refractivity contribution in [2.24, 2.45) is 0 Å². The average Bonchev–Trinajstić information content (AvgIpc) is 1.95. The zero-order chi connectivity index (χ0) is 8.27. The summed E-state index contributed by atoms with van der Waals surface area (Å²) in [5.74, 6) is 5.74. The van der Waals surface area contributed by atoms with E-state index in [-0.39, 0.29) is 0 Å². The van der Waals surface area contributed by atoms with Gasteiger partial charge in [0.1, 0.15) is 0 Å². The molecule has 0 aliphatic heterocycles. The largest absolute Gasteiger partial charge is 0.398 e. The van der Waals surface area contributed by atoms with Gasteiger partial charge in [-0.05, 0) is 31.5 Å². The van der Waals surface area contributed by atoms with E-state index in [1.54, 1.807) is 6.92 Å². The van der Waals surface area contributed by atoms with Gasteiger partial charge in [-0.15, -0.1) is 5.92 Å². The van der Waals surface area contributed by atoms with E-state index < -0.39 is 0 Å². The van der Waals surface area contributed by atoms with E-state index in [1.807, 2.05) is 25.1 Å². The monoisotopic (exact) mass is 145 g/mol. The summed E-state index contributed by atoms with van der Waals surface area (Å²) in [6.07, 6.45) is 0. The van der Waals surface area contributed by atoms with E-state index in [4.69, 9.17) is 5.73 Å². The van der Waals surface area contributed by atoms with Crippen molar-refractivity contribution in [3.05, 3.63) is 29.3 Å². The Morgan fingerprint density at radius 2 is 2.09 bits per heavy atom. The molecule has 0 atom stereocenters. The van der Waals surface area contributed by atoms with E-state index >= 15 is 0 Å². The fourth-order valence-electron chi connectivity index (χ4n) is 0.931. The lowest BCUT2D eigenvalue weighted by Crippen LogP contribution is -1.90. The molecule has 0 heterocycles. The molecular formula is C10H11N. The Kier molecular flexibility index (Phi) is 2.18. The highest BCUT2D eigenvalue weighted by Crippen LogP contribution is 2.11. The van der Waals surface area contributed by atoms with Gasteiger partial charge >= 0.3 is 0 Å². The normalized spacial score (nSPS) is 8.55. The number of nitrogens with two attached hydrogens (primary N) is 1. The van der Waals surface area contributed by atoms with Gasteiger partial charge in [-0.1, -0.05) is 12.0 Å². The molecule has 11 heavy (non-hydrogen) atoms. The fraction of sp³-hybridized carbons (Fsp3) is 0.200. The minimum Gasteiger partial charge on any atom is -0.398 e. The number of anilines is 1. The van der Waals surface area contributed by atoms with Crippen molar-refractivity contribution >= 4 is 5.69 Å². The maximum atomic E-state index is 5.70. The molecule has 1 heteroatoms. The van der Waals surface area contributed by atoms with E-state index in [2.05, 4.69) is 11.8 Å². The van der Waals surface area contributed by atoms with Gasteiger partial charge in [0.25, 0.3) is 0 Å². The Morgan fingerprint density at radius 3 is 2.64 bits per heavy atom. The minimum atomic E-state index is 0.763. The highest BCUT2D eigenvalue weighted by Gasteiger charge is 1.93. The summed E-state index contributed by atoms with van der Waals surface area (Å²) >= 11 is 0. The second-order valence-corrected chi connectivity index (χ2v) is 2.47. The van der Waals surface area contributed by atoms with E-state index in [1.165, 1.54) is 5.56 Å². The quantitative estimate of drug-likeness (QED) is 0.438. The lowest BCUT2D eigenvalue weighted by molar-refractivity contribution is 1.46. The zero-order valence-corrected chi connectivity index (χ0v) is 6.81. The number of rotatable bonds is 0. The van der Waals surface area contributed by atoms with Crippen molar-refractivity contribution in [3.63, 3.8) is 0 Å². The SMILES string of the molecule is CC#Cc1ccc(C)cc1N. The Morgan fingerprint density at radius 1 is 1.36 bits per heavy atom. The first-order chi connectivity index (χ1) is 5.24. The number of benzene rings is 1. The third-order valence-electron chi connectivity index (χ3n) is 1.47. The first-order valence-corrected chi connectivity index (χ1v) is 3.53. The Labute approximate surface area is 67.2 Å². The van der Waals surface area contributed by atoms with Crippen LogP contribution in [-0.2, 0) is 0 Å². The summed E-state index contributed by atoms with van der Waals surface area (Å²) in [6.45, 7) is 3.82. The molecule has 0 bridgehead atoms.